The van der Waals surface area contributed by atoms with E-state index in [0.717, 1.165) is 35.9 Å². The van der Waals surface area contributed by atoms with Crippen molar-refractivity contribution in [3.8, 4) is 0 Å². The van der Waals surface area contributed by atoms with Crippen LogP contribution in [0.15, 0.2) is 9.90 Å². The Morgan fingerprint density at radius 3 is 3.15 bits per heavy atom. The van der Waals surface area contributed by atoms with Crippen molar-refractivity contribution in [2.24, 2.45) is 0 Å². The third kappa shape index (κ3) is 3.24. The van der Waals surface area contributed by atoms with Gasteiger partial charge in [0.2, 0.25) is 5.89 Å². The Bertz CT molecular complexity index is 543. The highest BCUT2D eigenvalue weighted by Gasteiger charge is 2.19. The molecule has 1 fully saturated rings. The highest BCUT2D eigenvalue weighted by atomic mass is 32.1. The number of hydrogen-bond donors (Lipinski definition) is 1. The van der Waals surface area contributed by atoms with Crippen molar-refractivity contribution in [3.63, 3.8) is 0 Å². The summed E-state index contributed by atoms with van der Waals surface area (Å²) in [6.07, 6.45) is 6.46. The van der Waals surface area contributed by atoms with Crippen LogP contribution >= 0.6 is 11.3 Å². The zero-order valence-corrected chi connectivity index (χ0v) is 12.6. The molecule has 1 unspecified atom stereocenters. The largest absolute Gasteiger partial charge is 0.339 e. The van der Waals surface area contributed by atoms with Crippen LogP contribution in [0.1, 0.15) is 61.1 Å². The minimum absolute atomic E-state index is 0.247. The summed E-state index contributed by atoms with van der Waals surface area (Å²) in [5.41, 5.74) is 1.02. The Labute approximate surface area is 122 Å². The standard InChI is InChI=1S/C14H20N4OS/c1-2-13-16-10(9-20-13)8-12-17-14(18-19-12)11-6-4-3-5-7-15-11/h9,11,15H,2-8H2,1H3. The number of nitrogens with zero attached hydrogens (tertiary/aromatic N) is 3. The van der Waals surface area contributed by atoms with E-state index in [9.17, 15) is 0 Å². The summed E-state index contributed by atoms with van der Waals surface area (Å²) in [5.74, 6) is 1.46. The van der Waals surface area contributed by atoms with Gasteiger partial charge in [-0.05, 0) is 25.8 Å². The van der Waals surface area contributed by atoms with E-state index in [-0.39, 0.29) is 6.04 Å². The van der Waals surface area contributed by atoms with Gasteiger partial charge in [-0.25, -0.2) is 4.98 Å². The highest BCUT2D eigenvalue weighted by molar-refractivity contribution is 7.09. The first-order chi connectivity index (χ1) is 9.85. The summed E-state index contributed by atoms with van der Waals surface area (Å²) in [6, 6.07) is 0.247. The highest BCUT2D eigenvalue weighted by Crippen LogP contribution is 2.21. The summed E-state index contributed by atoms with van der Waals surface area (Å²) in [5, 5.41) is 10.9. The normalized spacial score (nSPS) is 19.9. The van der Waals surface area contributed by atoms with E-state index in [1.54, 1.807) is 11.3 Å². The lowest BCUT2D eigenvalue weighted by molar-refractivity contribution is 0.368. The van der Waals surface area contributed by atoms with Gasteiger partial charge in [0.25, 0.3) is 0 Å². The lowest BCUT2D eigenvalue weighted by atomic mass is 10.1. The lowest BCUT2D eigenvalue weighted by Gasteiger charge is -2.09. The van der Waals surface area contributed by atoms with E-state index in [1.807, 2.05) is 0 Å². The van der Waals surface area contributed by atoms with Crippen LogP contribution in [0.2, 0.25) is 0 Å². The molecule has 0 spiro atoms. The van der Waals surface area contributed by atoms with Gasteiger partial charge in [0.15, 0.2) is 5.82 Å². The summed E-state index contributed by atoms with van der Waals surface area (Å²) in [7, 11) is 0. The SMILES string of the molecule is CCc1nc(Cc2nc(C3CCCCCN3)no2)cs1. The quantitative estimate of drug-likeness (QED) is 0.938. The predicted octanol–water partition coefficient (Wildman–Crippen LogP) is 2.88. The number of aromatic nitrogens is 3. The third-order valence-corrected chi connectivity index (χ3v) is 4.63. The second-order valence-electron chi connectivity index (χ2n) is 5.17. The third-order valence-electron chi connectivity index (χ3n) is 3.59. The summed E-state index contributed by atoms with van der Waals surface area (Å²) in [4.78, 5) is 9.07. The molecule has 2 aromatic rings. The van der Waals surface area contributed by atoms with Gasteiger partial charge in [0.05, 0.1) is 23.2 Å². The number of nitrogens with one attached hydrogen (secondary N) is 1. The van der Waals surface area contributed by atoms with Crippen LogP contribution in [0, 0.1) is 0 Å². The van der Waals surface area contributed by atoms with Crippen LogP contribution in [0.3, 0.4) is 0 Å². The molecule has 3 rings (SSSR count). The molecule has 0 aromatic carbocycles. The van der Waals surface area contributed by atoms with Gasteiger partial charge in [0, 0.05) is 5.38 Å². The molecule has 0 amide bonds. The van der Waals surface area contributed by atoms with Crippen molar-refractivity contribution in [3.05, 3.63) is 27.8 Å². The topological polar surface area (TPSA) is 63.8 Å². The minimum Gasteiger partial charge on any atom is -0.339 e. The summed E-state index contributed by atoms with van der Waals surface area (Å²) in [6.45, 7) is 3.16. The average molecular weight is 292 g/mol. The molecule has 1 aliphatic heterocycles. The van der Waals surface area contributed by atoms with Crippen molar-refractivity contribution in [2.75, 3.05) is 6.54 Å². The minimum atomic E-state index is 0.247. The van der Waals surface area contributed by atoms with Gasteiger partial charge >= 0.3 is 0 Å². The molecule has 3 heterocycles. The maximum atomic E-state index is 5.37. The van der Waals surface area contributed by atoms with Crippen LogP contribution in [0.25, 0.3) is 0 Å². The van der Waals surface area contributed by atoms with Crippen LogP contribution in [0.4, 0.5) is 0 Å². The fourth-order valence-electron chi connectivity index (χ4n) is 2.48. The van der Waals surface area contributed by atoms with Crippen LogP contribution in [-0.4, -0.2) is 21.7 Å². The second kappa shape index (κ2) is 6.45. The predicted molar refractivity (Wildman–Crippen MR) is 77.8 cm³/mol. The molecule has 5 nitrogen and oxygen atoms in total. The molecule has 0 radical (unpaired) electrons. The van der Waals surface area contributed by atoms with E-state index in [1.165, 1.54) is 19.3 Å². The Balaban J connectivity index is 1.66. The first-order valence-electron chi connectivity index (χ1n) is 7.34. The van der Waals surface area contributed by atoms with E-state index in [4.69, 9.17) is 4.52 Å². The molecule has 1 atom stereocenters. The number of aryl methyl sites for hydroxylation is 1. The maximum absolute atomic E-state index is 5.37. The molecule has 1 saturated heterocycles. The molecule has 0 saturated carbocycles. The fraction of sp³-hybridized carbons (Fsp3) is 0.643. The van der Waals surface area contributed by atoms with E-state index < -0.39 is 0 Å². The van der Waals surface area contributed by atoms with Crippen molar-refractivity contribution in [1.29, 1.82) is 0 Å². The van der Waals surface area contributed by atoms with Gasteiger partial charge in [-0.15, -0.1) is 11.3 Å². The second-order valence-corrected chi connectivity index (χ2v) is 6.11. The van der Waals surface area contributed by atoms with Gasteiger partial charge in [-0.2, -0.15) is 4.98 Å². The fourth-order valence-corrected chi connectivity index (χ4v) is 3.22. The monoisotopic (exact) mass is 292 g/mol. The van der Waals surface area contributed by atoms with Crippen LogP contribution in [-0.2, 0) is 12.8 Å². The molecule has 108 valence electrons. The van der Waals surface area contributed by atoms with Crippen molar-refractivity contribution in [1.82, 2.24) is 20.4 Å². The van der Waals surface area contributed by atoms with Gasteiger partial charge in [0.1, 0.15) is 0 Å². The lowest BCUT2D eigenvalue weighted by Crippen LogP contribution is -2.21. The molecule has 2 aromatic heterocycles. The number of hydrogen-bond acceptors (Lipinski definition) is 6. The van der Waals surface area contributed by atoms with Gasteiger partial charge in [-0.1, -0.05) is 24.9 Å². The Morgan fingerprint density at radius 2 is 2.30 bits per heavy atom. The van der Waals surface area contributed by atoms with Crippen LogP contribution < -0.4 is 5.32 Å². The van der Waals surface area contributed by atoms with Gasteiger partial charge in [-0.3, -0.25) is 0 Å². The van der Waals surface area contributed by atoms with E-state index in [2.05, 4.69) is 32.7 Å². The smallest absolute Gasteiger partial charge is 0.232 e. The molecular formula is C14H20N4OS. The Hall–Kier alpha value is -1.27. The van der Waals surface area contributed by atoms with E-state index in [0.29, 0.717) is 12.3 Å². The molecule has 0 aliphatic carbocycles. The summed E-state index contributed by atoms with van der Waals surface area (Å²) >= 11 is 1.69. The Morgan fingerprint density at radius 1 is 1.35 bits per heavy atom. The number of rotatable bonds is 4. The summed E-state index contributed by atoms with van der Waals surface area (Å²) < 4.78 is 5.37. The maximum Gasteiger partial charge on any atom is 0.232 e. The number of thiazole rings is 1. The molecule has 0 bridgehead atoms. The molecular weight excluding hydrogens is 272 g/mol. The Kier molecular flexibility index (Phi) is 4.42. The molecule has 20 heavy (non-hydrogen) atoms. The average Bonchev–Trinajstić information content (AvgIpc) is 3.02. The zero-order chi connectivity index (χ0) is 13.8. The first-order valence-corrected chi connectivity index (χ1v) is 8.22. The van der Waals surface area contributed by atoms with E-state index >= 15 is 0 Å². The molecule has 1 aliphatic rings. The van der Waals surface area contributed by atoms with Crippen LogP contribution in [0.5, 0.6) is 0 Å². The zero-order valence-electron chi connectivity index (χ0n) is 11.8. The van der Waals surface area contributed by atoms with Crippen molar-refractivity contribution < 1.29 is 4.52 Å². The molecule has 1 N–H and O–H groups in total. The first kappa shape index (κ1) is 13.7. The van der Waals surface area contributed by atoms with Gasteiger partial charge < -0.3 is 9.84 Å². The van der Waals surface area contributed by atoms with Crippen molar-refractivity contribution in [2.45, 2.75) is 51.5 Å². The molecule has 6 heteroatoms. The van der Waals surface area contributed by atoms with Crippen molar-refractivity contribution >= 4 is 11.3 Å².